The Balaban J connectivity index is 1.46. The van der Waals surface area contributed by atoms with Crippen molar-refractivity contribution in [3.63, 3.8) is 0 Å². The molecule has 0 radical (unpaired) electrons. The standard InChI is InChI=1S/C18H22ClN3O3/c19-15-3-1-14(2-4-15)16-11-21-17(25-16)12-22-9-6-13(7-10-22)5-8-20-18(23)24/h1-4,11,13,20H,5-10,12H2,(H,23,24). The Bertz CT molecular complexity index is 694. The third kappa shape index (κ3) is 5.21. The number of halogens is 1. The van der Waals surface area contributed by atoms with Gasteiger partial charge in [0.15, 0.2) is 5.76 Å². The SMILES string of the molecule is O=C(O)NCCC1CCN(Cc2ncc(-c3ccc(Cl)cc3)o2)CC1. The van der Waals surface area contributed by atoms with Crippen LogP contribution in [0.15, 0.2) is 34.9 Å². The normalized spacial score (nSPS) is 16.0. The molecule has 0 unspecified atom stereocenters. The molecule has 1 fully saturated rings. The van der Waals surface area contributed by atoms with Gasteiger partial charge in [0, 0.05) is 17.1 Å². The zero-order valence-corrected chi connectivity index (χ0v) is 14.7. The molecule has 3 rings (SSSR count). The number of aromatic nitrogens is 1. The summed E-state index contributed by atoms with van der Waals surface area (Å²) in [5.74, 6) is 2.05. The molecule has 1 aliphatic rings. The third-order valence-corrected chi connectivity index (χ3v) is 4.83. The first-order valence-electron chi connectivity index (χ1n) is 8.50. The van der Waals surface area contributed by atoms with Crippen molar-refractivity contribution < 1.29 is 14.3 Å². The van der Waals surface area contributed by atoms with E-state index in [9.17, 15) is 4.79 Å². The highest BCUT2D eigenvalue weighted by Gasteiger charge is 2.20. The van der Waals surface area contributed by atoms with Crippen molar-refractivity contribution >= 4 is 17.7 Å². The molecule has 2 aromatic rings. The van der Waals surface area contributed by atoms with Crippen LogP contribution < -0.4 is 5.32 Å². The van der Waals surface area contributed by atoms with Crippen molar-refractivity contribution in [3.05, 3.63) is 41.4 Å². The van der Waals surface area contributed by atoms with Crippen molar-refractivity contribution in [1.82, 2.24) is 15.2 Å². The van der Waals surface area contributed by atoms with Crippen LogP contribution in [0.25, 0.3) is 11.3 Å². The first-order chi connectivity index (χ1) is 12.1. The number of hydrogen-bond acceptors (Lipinski definition) is 4. The molecule has 0 atom stereocenters. The monoisotopic (exact) mass is 363 g/mol. The van der Waals surface area contributed by atoms with Gasteiger partial charge in [0.25, 0.3) is 0 Å². The molecule has 0 saturated carbocycles. The molecule has 0 bridgehead atoms. The van der Waals surface area contributed by atoms with Gasteiger partial charge in [0.1, 0.15) is 0 Å². The predicted octanol–water partition coefficient (Wildman–Crippen LogP) is 3.86. The zero-order valence-electron chi connectivity index (χ0n) is 13.9. The fourth-order valence-corrected chi connectivity index (χ4v) is 3.26. The molecular formula is C18H22ClN3O3. The number of oxazole rings is 1. The van der Waals surface area contributed by atoms with Crippen molar-refractivity contribution in [1.29, 1.82) is 0 Å². The van der Waals surface area contributed by atoms with Crippen molar-refractivity contribution in [2.75, 3.05) is 19.6 Å². The van der Waals surface area contributed by atoms with Crippen LogP contribution in [-0.4, -0.2) is 40.7 Å². The lowest BCUT2D eigenvalue weighted by molar-refractivity contribution is 0.158. The predicted molar refractivity (Wildman–Crippen MR) is 95.6 cm³/mol. The quantitative estimate of drug-likeness (QED) is 0.814. The lowest BCUT2D eigenvalue weighted by Gasteiger charge is -2.31. The highest BCUT2D eigenvalue weighted by molar-refractivity contribution is 6.30. The molecule has 2 heterocycles. The fraction of sp³-hybridized carbons (Fsp3) is 0.444. The Hall–Kier alpha value is -2.05. The van der Waals surface area contributed by atoms with Crippen molar-refractivity contribution in [3.8, 4) is 11.3 Å². The Morgan fingerprint density at radius 3 is 2.72 bits per heavy atom. The first-order valence-corrected chi connectivity index (χ1v) is 8.88. The van der Waals surface area contributed by atoms with Gasteiger partial charge in [0.05, 0.1) is 12.7 Å². The molecule has 0 aliphatic carbocycles. The van der Waals surface area contributed by atoms with E-state index in [1.54, 1.807) is 6.20 Å². The maximum Gasteiger partial charge on any atom is 0.404 e. The summed E-state index contributed by atoms with van der Waals surface area (Å²) in [7, 11) is 0. The minimum Gasteiger partial charge on any atom is -0.465 e. The minimum absolute atomic E-state index is 0.532. The number of likely N-dealkylation sites (tertiary alicyclic amines) is 1. The minimum atomic E-state index is -0.946. The molecule has 2 N–H and O–H groups in total. The summed E-state index contributed by atoms with van der Waals surface area (Å²) in [5, 5.41) is 11.7. The summed E-state index contributed by atoms with van der Waals surface area (Å²) >= 11 is 5.91. The lowest BCUT2D eigenvalue weighted by atomic mass is 9.93. The van der Waals surface area contributed by atoms with Gasteiger partial charge >= 0.3 is 6.09 Å². The second kappa shape index (κ2) is 8.36. The van der Waals surface area contributed by atoms with Crippen LogP contribution in [0.5, 0.6) is 0 Å². The fourth-order valence-electron chi connectivity index (χ4n) is 3.14. The molecule has 1 saturated heterocycles. The van der Waals surface area contributed by atoms with E-state index < -0.39 is 6.09 Å². The average Bonchev–Trinajstić information content (AvgIpc) is 3.05. The molecule has 1 aliphatic heterocycles. The van der Waals surface area contributed by atoms with Gasteiger partial charge in [-0.2, -0.15) is 0 Å². The van der Waals surface area contributed by atoms with Gasteiger partial charge in [0.2, 0.25) is 5.89 Å². The van der Waals surface area contributed by atoms with Gasteiger partial charge in [-0.25, -0.2) is 9.78 Å². The molecule has 7 heteroatoms. The highest BCUT2D eigenvalue weighted by Crippen LogP contribution is 2.25. The Kier molecular flexibility index (Phi) is 5.94. The third-order valence-electron chi connectivity index (χ3n) is 4.58. The molecule has 1 aromatic heterocycles. The maximum atomic E-state index is 10.5. The second-order valence-electron chi connectivity index (χ2n) is 6.37. The van der Waals surface area contributed by atoms with E-state index in [0.29, 0.717) is 24.0 Å². The topological polar surface area (TPSA) is 78.6 Å². The lowest BCUT2D eigenvalue weighted by Crippen LogP contribution is -2.34. The molecule has 25 heavy (non-hydrogen) atoms. The Morgan fingerprint density at radius 2 is 2.04 bits per heavy atom. The number of benzene rings is 1. The van der Waals surface area contributed by atoms with Crippen LogP contribution in [0, 0.1) is 5.92 Å². The summed E-state index contributed by atoms with van der Waals surface area (Å²) in [6.07, 6.45) is 3.86. The number of nitrogens with one attached hydrogen (secondary N) is 1. The van der Waals surface area contributed by atoms with Crippen molar-refractivity contribution in [2.45, 2.75) is 25.8 Å². The van der Waals surface area contributed by atoms with Crippen LogP contribution in [0.2, 0.25) is 5.02 Å². The first kappa shape index (κ1) is 17.8. The van der Waals surface area contributed by atoms with Gasteiger partial charge in [-0.1, -0.05) is 11.6 Å². The van der Waals surface area contributed by atoms with Crippen LogP contribution >= 0.6 is 11.6 Å². The average molecular weight is 364 g/mol. The van der Waals surface area contributed by atoms with E-state index in [2.05, 4.69) is 15.2 Å². The van der Waals surface area contributed by atoms with E-state index in [-0.39, 0.29) is 0 Å². The largest absolute Gasteiger partial charge is 0.465 e. The van der Waals surface area contributed by atoms with Crippen LogP contribution in [0.3, 0.4) is 0 Å². The summed E-state index contributed by atoms with van der Waals surface area (Å²) < 4.78 is 5.86. The van der Waals surface area contributed by atoms with E-state index >= 15 is 0 Å². The van der Waals surface area contributed by atoms with Gasteiger partial charge in [-0.15, -0.1) is 0 Å². The summed E-state index contributed by atoms with van der Waals surface area (Å²) in [5.41, 5.74) is 0.966. The molecule has 1 amide bonds. The van der Waals surface area contributed by atoms with E-state index in [1.165, 1.54) is 0 Å². The molecule has 134 valence electrons. The van der Waals surface area contributed by atoms with Gasteiger partial charge in [-0.3, -0.25) is 4.90 Å². The van der Waals surface area contributed by atoms with E-state index in [4.69, 9.17) is 21.1 Å². The zero-order chi connectivity index (χ0) is 17.6. The summed E-state index contributed by atoms with van der Waals surface area (Å²) in [6.45, 7) is 3.20. The molecular weight excluding hydrogens is 342 g/mol. The van der Waals surface area contributed by atoms with Crippen molar-refractivity contribution in [2.24, 2.45) is 5.92 Å². The number of carboxylic acid groups (broad SMARTS) is 1. The van der Waals surface area contributed by atoms with Gasteiger partial charge < -0.3 is 14.8 Å². The number of piperidine rings is 1. The number of carbonyl (C=O) groups is 1. The van der Waals surface area contributed by atoms with E-state index in [1.807, 2.05) is 24.3 Å². The smallest absolute Gasteiger partial charge is 0.404 e. The maximum absolute atomic E-state index is 10.5. The number of rotatable bonds is 6. The highest BCUT2D eigenvalue weighted by atomic mass is 35.5. The molecule has 6 nitrogen and oxygen atoms in total. The van der Waals surface area contributed by atoms with E-state index in [0.717, 1.165) is 49.6 Å². The Morgan fingerprint density at radius 1 is 1.32 bits per heavy atom. The Labute approximate surface area is 151 Å². The molecule has 0 spiro atoms. The van der Waals surface area contributed by atoms with Crippen LogP contribution in [0.4, 0.5) is 4.79 Å². The molecule has 1 aromatic carbocycles. The number of amides is 1. The second-order valence-corrected chi connectivity index (χ2v) is 6.80. The number of nitrogens with zero attached hydrogens (tertiary/aromatic N) is 2. The summed E-state index contributed by atoms with van der Waals surface area (Å²) in [6, 6.07) is 7.51. The van der Waals surface area contributed by atoms with Crippen LogP contribution in [-0.2, 0) is 6.54 Å². The summed E-state index contributed by atoms with van der Waals surface area (Å²) in [4.78, 5) is 17.2. The number of hydrogen-bond donors (Lipinski definition) is 2. The van der Waals surface area contributed by atoms with Gasteiger partial charge in [-0.05, 0) is 62.5 Å². The van der Waals surface area contributed by atoms with Crippen LogP contribution in [0.1, 0.15) is 25.2 Å².